The standard InChI is InChI=1S/C12H19N3S2/c1-4-9-6-13-11(16-9)8(3)15-12-14-7-10(5-2)17-12/h6,8,10H,4-5,7H2,1-3H3,(H,14,15). The van der Waals surface area contributed by atoms with Gasteiger partial charge in [-0.25, -0.2) is 4.98 Å². The molecule has 0 spiro atoms. The Balaban J connectivity index is 1.91. The van der Waals surface area contributed by atoms with Crippen molar-refractivity contribution in [2.75, 3.05) is 6.54 Å². The normalized spacial score (nSPS) is 21.4. The maximum Gasteiger partial charge on any atom is 0.157 e. The lowest BCUT2D eigenvalue weighted by molar-refractivity contribution is 0.715. The first kappa shape index (κ1) is 12.9. The highest BCUT2D eigenvalue weighted by Gasteiger charge is 2.20. The van der Waals surface area contributed by atoms with Crippen LogP contribution in [0.15, 0.2) is 11.2 Å². The summed E-state index contributed by atoms with van der Waals surface area (Å²) < 4.78 is 0. The number of thioether (sulfide) groups is 1. The largest absolute Gasteiger partial charge is 0.356 e. The number of rotatable bonds is 4. The molecule has 0 fully saturated rings. The number of hydrogen-bond acceptors (Lipinski definition) is 5. The van der Waals surface area contributed by atoms with Gasteiger partial charge in [-0.3, -0.25) is 4.99 Å². The SMILES string of the molecule is CCc1cnc(C(C)NC2=NCC(CC)S2)s1. The Bertz CT molecular complexity index is 400. The van der Waals surface area contributed by atoms with Crippen LogP contribution in [0.2, 0.25) is 0 Å². The second-order valence-electron chi connectivity index (χ2n) is 4.18. The summed E-state index contributed by atoms with van der Waals surface area (Å²) >= 11 is 3.65. The summed E-state index contributed by atoms with van der Waals surface area (Å²) in [6.45, 7) is 7.49. The van der Waals surface area contributed by atoms with Crippen molar-refractivity contribution in [2.45, 2.75) is 44.9 Å². The molecule has 17 heavy (non-hydrogen) atoms. The van der Waals surface area contributed by atoms with Crippen LogP contribution in [0.4, 0.5) is 0 Å². The molecule has 1 N–H and O–H groups in total. The summed E-state index contributed by atoms with van der Waals surface area (Å²) in [4.78, 5) is 10.3. The first-order chi connectivity index (χ1) is 8.22. The summed E-state index contributed by atoms with van der Waals surface area (Å²) in [6, 6.07) is 0.266. The zero-order valence-corrected chi connectivity index (χ0v) is 12.2. The van der Waals surface area contributed by atoms with Crippen LogP contribution in [0.3, 0.4) is 0 Å². The molecule has 1 aromatic rings. The number of hydrogen-bond donors (Lipinski definition) is 1. The summed E-state index contributed by atoms with van der Waals surface area (Å²) in [6.07, 6.45) is 4.24. The fourth-order valence-electron chi connectivity index (χ4n) is 1.64. The van der Waals surface area contributed by atoms with Crippen molar-refractivity contribution < 1.29 is 0 Å². The third-order valence-corrected chi connectivity index (χ3v) is 5.41. The maximum absolute atomic E-state index is 4.53. The quantitative estimate of drug-likeness (QED) is 0.912. The van der Waals surface area contributed by atoms with E-state index in [1.165, 1.54) is 11.3 Å². The highest BCUT2D eigenvalue weighted by atomic mass is 32.2. The average molecular weight is 269 g/mol. The Morgan fingerprint density at radius 3 is 2.94 bits per heavy atom. The lowest BCUT2D eigenvalue weighted by Gasteiger charge is -2.12. The highest BCUT2D eigenvalue weighted by molar-refractivity contribution is 8.14. The van der Waals surface area contributed by atoms with Gasteiger partial charge >= 0.3 is 0 Å². The fraction of sp³-hybridized carbons (Fsp3) is 0.667. The molecule has 0 aromatic carbocycles. The number of nitrogens with zero attached hydrogens (tertiary/aromatic N) is 2. The molecule has 2 unspecified atom stereocenters. The van der Waals surface area contributed by atoms with E-state index in [-0.39, 0.29) is 6.04 Å². The smallest absolute Gasteiger partial charge is 0.157 e. The molecule has 5 heteroatoms. The molecule has 0 radical (unpaired) electrons. The number of amidine groups is 1. The van der Waals surface area contributed by atoms with E-state index in [1.54, 1.807) is 11.3 Å². The van der Waals surface area contributed by atoms with E-state index in [2.05, 4.69) is 36.1 Å². The van der Waals surface area contributed by atoms with Gasteiger partial charge in [0.2, 0.25) is 0 Å². The Labute approximate surface area is 111 Å². The van der Waals surface area contributed by atoms with Gasteiger partial charge in [0.25, 0.3) is 0 Å². The molecule has 0 bridgehead atoms. The maximum atomic E-state index is 4.53. The lowest BCUT2D eigenvalue weighted by atomic mass is 10.3. The van der Waals surface area contributed by atoms with Gasteiger partial charge in [-0.15, -0.1) is 11.3 Å². The van der Waals surface area contributed by atoms with Gasteiger partial charge in [0.1, 0.15) is 5.01 Å². The van der Waals surface area contributed by atoms with Gasteiger partial charge in [0.15, 0.2) is 5.17 Å². The van der Waals surface area contributed by atoms with Crippen molar-refractivity contribution in [1.82, 2.24) is 10.3 Å². The predicted molar refractivity (Wildman–Crippen MR) is 77.0 cm³/mol. The Kier molecular flexibility index (Phi) is 4.45. The molecule has 0 saturated heterocycles. The van der Waals surface area contributed by atoms with Crippen LogP contribution in [-0.2, 0) is 6.42 Å². The van der Waals surface area contributed by atoms with Crippen molar-refractivity contribution in [2.24, 2.45) is 4.99 Å². The molecule has 94 valence electrons. The van der Waals surface area contributed by atoms with E-state index in [9.17, 15) is 0 Å². The van der Waals surface area contributed by atoms with Crippen LogP contribution >= 0.6 is 23.1 Å². The highest BCUT2D eigenvalue weighted by Crippen LogP contribution is 2.25. The molecule has 0 amide bonds. The van der Waals surface area contributed by atoms with Crippen molar-refractivity contribution >= 4 is 28.3 Å². The second kappa shape index (κ2) is 5.87. The van der Waals surface area contributed by atoms with E-state index in [0.29, 0.717) is 5.25 Å². The van der Waals surface area contributed by atoms with Gasteiger partial charge in [-0.05, 0) is 19.8 Å². The van der Waals surface area contributed by atoms with E-state index in [1.807, 2.05) is 18.0 Å². The molecule has 0 aliphatic carbocycles. The summed E-state index contributed by atoms with van der Waals surface area (Å²) in [7, 11) is 0. The third kappa shape index (κ3) is 3.22. The molecule has 3 nitrogen and oxygen atoms in total. The second-order valence-corrected chi connectivity index (χ2v) is 6.61. The zero-order valence-electron chi connectivity index (χ0n) is 10.6. The Morgan fingerprint density at radius 2 is 2.35 bits per heavy atom. The molecule has 0 saturated carbocycles. The third-order valence-electron chi connectivity index (χ3n) is 2.80. The zero-order chi connectivity index (χ0) is 12.3. The average Bonchev–Trinajstić information content (AvgIpc) is 2.96. The van der Waals surface area contributed by atoms with Crippen LogP contribution in [0.1, 0.15) is 43.1 Å². The van der Waals surface area contributed by atoms with Crippen molar-refractivity contribution in [3.05, 3.63) is 16.1 Å². The van der Waals surface area contributed by atoms with E-state index >= 15 is 0 Å². The van der Waals surface area contributed by atoms with Gasteiger partial charge in [0.05, 0.1) is 12.6 Å². The molecule has 2 rings (SSSR count). The predicted octanol–water partition coefficient (Wildman–Crippen LogP) is 3.24. The lowest BCUT2D eigenvalue weighted by Crippen LogP contribution is -2.23. The Morgan fingerprint density at radius 1 is 1.53 bits per heavy atom. The summed E-state index contributed by atoms with van der Waals surface area (Å²) in [5, 5.41) is 6.36. The number of nitrogens with one attached hydrogen (secondary N) is 1. The molecule has 1 aliphatic heterocycles. The number of aliphatic imine (C=N–C) groups is 1. The number of thiazole rings is 1. The minimum Gasteiger partial charge on any atom is -0.356 e. The van der Waals surface area contributed by atoms with Gasteiger partial charge in [0, 0.05) is 16.3 Å². The summed E-state index contributed by atoms with van der Waals surface area (Å²) in [5.41, 5.74) is 0. The number of aromatic nitrogens is 1. The van der Waals surface area contributed by atoms with Crippen molar-refractivity contribution in [3.8, 4) is 0 Å². The van der Waals surface area contributed by atoms with Crippen LogP contribution in [0.5, 0.6) is 0 Å². The van der Waals surface area contributed by atoms with Crippen LogP contribution < -0.4 is 5.32 Å². The van der Waals surface area contributed by atoms with Crippen LogP contribution in [-0.4, -0.2) is 21.9 Å². The van der Waals surface area contributed by atoms with Crippen LogP contribution in [0.25, 0.3) is 0 Å². The molecule has 1 aromatic heterocycles. The summed E-state index contributed by atoms with van der Waals surface area (Å²) in [5.74, 6) is 0. The molecule has 2 atom stereocenters. The van der Waals surface area contributed by atoms with E-state index in [4.69, 9.17) is 0 Å². The molecular weight excluding hydrogens is 250 g/mol. The first-order valence-corrected chi connectivity index (χ1v) is 7.84. The van der Waals surface area contributed by atoms with E-state index < -0.39 is 0 Å². The van der Waals surface area contributed by atoms with Gasteiger partial charge in [-0.1, -0.05) is 25.6 Å². The minimum absolute atomic E-state index is 0.266. The Hall–Kier alpha value is -0.550. The first-order valence-electron chi connectivity index (χ1n) is 6.15. The minimum atomic E-state index is 0.266. The fourth-order valence-corrected chi connectivity index (χ4v) is 3.53. The van der Waals surface area contributed by atoms with Gasteiger partial charge in [-0.2, -0.15) is 0 Å². The number of aryl methyl sites for hydroxylation is 1. The topological polar surface area (TPSA) is 37.3 Å². The monoisotopic (exact) mass is 269 g/mol. The van der Waals surface area contributed by atoms with Crippen LogP contribution in [0, 0.1) is 0 Å². The van der Waals surface area contributed by atoms with Crippen molar-refractivity contribution in [3.63, 3.8) is 0 Å². The molecule has 2 heterocycles. The van der Waals surface area contributed by atoms with E-state index in [0.717, 1.165) is 23.1 Å². The van der Waals surface area contributed by atoms with Crippen molar-refractivity contribution in [1.29, 1.82) is 0 Å². The molecular formula is C12H19N3S2. The molecule has 1 aliphatic rings. The van der Waals surface area contributed by atoms with Gasteiger partial charge < -0.3 is 5.32 Å².